The molecule has 2 amide bonds. The minimum absolute atomic E-state index is 0.185. The van der Waals surface area contributed by atoms with Crippen LogP contribution < -0.4 is 20.1 Å². The summed E-state index contributed by atoms with van der Waals surface area (Å²) in [4.78, 5) is 26.2. The van der Waals surface area contributed by atoms with Gasteiger partial charge in [0.25, 0.3) is 11.8 Å². The molecule has 0 saturated heterocycles. The third-order valence-corrected chi connectivity index (χ3v) is 5.55. The monoisotopic (exact) mass is 480 g/mol. The molecule has 1 unspecified atom stereocenters. The van der Waals surface area contributed by atoms with Gasteiger partial charge in [0.2, 0.25) is 0 Å². The Balaban J connectivity index is 1.41. The number of ether oxygens (including phenoxy) is 2. The fourth-order valence-corrected chi connectivity index (χ4v) is 3.69. The molecule has 0 aliphatic carbocycles. The summed E-state index contributed by atoms with van der Waals surface area (Å²) in [6.07, 6.45) is 0. The Bertz CT molecular complexity index is 1290. The maximum absolute atomic E-state index is 13.2. The summed E-state index contributed by atoms with van der Waals surface area (Å²) in [6.45, 7) is 2.53. The lowest BCUT2D eigenvalue weighted by Crippen LogP contribution is -2.28. The van der Waals surface area contributed by atoms with Gasteiger partial charge in [0.05, 0.1) is 22.9 Å². The highest BCUT2D eigenvalue weighted by Crippen LogP contribution is 2.23. The van der Waals surface area contributed by atoms with Gasteiger partial charge in [-0.2, -0.15) is 0 Å². The number of para-hydroxylation sites is 3. The highest BCUT2D eigenvalue weighted by atomic mass is 16.5. The molecule has 0 fully saturated rings. The number of hydrogen-bond donors (Lipinski definition) is 2. The van der Waals surface area contributed by atoms with E-state index < -0.39 is 0 Å². The van der Waals surface area contributed by atoms with Crippen molar-refractivity contribution in [3.05, 3.63) is 126 Å². The molecular weight excluding hydrogens is 452 g/mol. The van der Waals surface area contributed by atoms with Crippen molar-refractivity contribution in [2.75, 3.05) is 18.5 Å². The number of hydrogen-bond acceptors (Lipinski definition) is 4. The van der Waals surface area contributed by atoms with E-state index in [1.807, 2.05) is 67.6 Å². The summed E-state index contributed by atoms with van der Waals surface area (Å²) in [5, 5.41) is 5.86. The zero-order valence-electron chi connectivity index (χ0n) is 20.0. The predicted octanol–water partition coefficient (Wildman–Crippen LogP) is 5.89. The van der Waals surface area contributed by atoms with Gasteiger partial charge in [-0.15, -0.1) is 0 Å². The number of nitrogens with one attached hydrogen (secondary N) is 2. The van der Waals surface area contributed by atoms with Crippen molar-refractivity contribution in [2.24, 2.45) is 0 Å². The van der Waals surface area contributed by atoms with Crippen LogP contribution in [0.25, 0.3) is 0 Å². The second kappa shape index (κ2) is 12.2. The number of carbonyl (C=O) groups is 2. The molecule has 4 rings (SSSR count). The third-order valence-electron chi connectivity index (χ3n) is 5.55. The van der Waals surface area contributed by atoms with Crippen molar-refractivity contribution in [2.45, 2.75) is 13.0 Å². The van der Waals surface area contributed by atoms with Gasteiger partial charge in [-0.1, -0.05) is 72.8 Å². The largest absolute Gasteiger partial charge is 0.490 e. The van der Waals surface area contributed by atoms with Gasteiger partial charge in [0.1, 0.15) is 24.7 Å². The van der Waals surface area contributed by atoms with E-state index in [4.69, 9.17) is 9.47 Å². The number of anilines is 1. The van der Waals surface area contributed by atoms with Crippen molar-refractivity contribution in [1.29, 1.82) is 0 Å². The lowest BCUT2D eigenvalue weighted by molar-refractivity contribution is 0.0940. The van der Waals surface area contributed by atoms with E-state index in [1.54, 1.807) is 48.5 Å². The molecule has 0 spiro atoms. The molecule has 0 heterocycles. The first-order valence-electron chi connectivity index (χ1n) is 11.8. The van der Waals surface area contributed by atoms with Crippen molar-refractivity contribution in [1.82, 2.24) is 5.32 Å². The van der Waals surface area contributed by atoms with Gasteiger partial charge in [-0.3, -0.25) is 9.59 Å². The summed E-state index contributed by atoms with van der Waals surface area (Å²) in [7, 11) is 0. The smallest absolute Gasteiger partial charge is 0.259 e. The number of carbonyl (C=O) groups excluding carboxylic acids is 2. The zero-order valence-corrected chi connectivity index (χ0v) is 20.0. The van der Waals surface area contributed by atoms with Crippen LogP contribution in [0.5, 0.6) is 11.5 Å². The number of rotatable bonds is 10. The maximum atomic E-state index is 13.2. The molecule has 182 valence electrons. The zero-order chi connectivity index (χ0) is 25.2. The summed E-state index contributed by atoms with van der Waals surface area (Å²) in [6, 6.07) is 32.9. The molecule has 6 heteroatoms. The maximum Gasteiger partial charge on any atom is 0.259 e. The Hall–Kier alpha value is -4.58. The quantitative estimate of drug-likeness (QED) is 0.278. The summed E-state index contributed by atoms with van der Waals surface area (Å²) >= 11 is 0. The number of amides is 2. The molecule has 0 aromatic heterocycles. The van der Waals surface area contributed by atoms with Crippen LogP contribution in [-0.4, -0.2) is 25.0 Å². The van der Waals surface area contributed by atoms with E-state index >= 15 is 0 Å². The molecule has 0 aliphatic rings. The average Bonchev–Trinajstić information content (AvgIpc) is 2.92. The SMILES string of the molecule is CC(NC(=O)c1ccccc1NC(=O)c1ccccc1OCCOc1ccccc1)c1ccccc1. The molecular formula is C30H28N2O4. The van der Waals surface area contributed by atoms with Gasteiger partial charge >= 0.3 is 0 Å². The molecule has 2 N–H and O–H groups in total. The van der Waals surface area contributed by atoms with Crippen LogP contribution in [0, 0.1) is 0 Å². The highest BCUT2D eigenvalue weighted by molar-refractivity contribution is 6.10. The molecule has 6 nitrogen and oxygen atoms in total. The summed E-state index contributed by atoms with van der Waals surface area (Å²) in [5.74, 6) is 0.547. The second-order valence-corrected chi connectivity index (χ2v) is 8.11. The third kappa shape index (κ3) is 6.51. The van der Waals surface area contributed by atoms with Gasteiger partial charge in [-0.05, 0) is 48.9 Å². The molecule has 0 radical (unpaired) electrons. The fourth-order valence-electron chi connectivity index (χ4n) is 3.69. The molecule has 1 atom stereocenters. The summed E-state index contributed by atoms with van der Waals surface area (Å²) < 4.78 is 11.5. The van der Waals surface area contributed by atoms with Gasteiger partial charge in [0.15, 0.2) is 0 Å². The summed E-state index contributed by atoms with van der Waals surface area (Å²) in [5.41, 5.74) is 2.16. The fraction of sp³-hybridized carbons (Fsp3) is 0.133. The van der Waals surface area contributed by atoms with E-state index in [1.165, 1.54) is 0 Å². The molecule has 0 saturated carbocycles. The minimum atomic E-state index is -0.370. The Morgan fingerprint density at radius 2 is 1.25 bits per heavy atom. The minimum Gasteiger partial charge on any atom is -0.490 e. The first-order chi connectivity index (χ1) is 17.6. The normalized spacial score (nSPS) is 11.2. The van der Waals surface area contributed by atoms with Gasteiger partial charge in [-0.25, -0.2) is 0 Å². The predicted molar refractivity (Wildman–Crippen MR) is 141 cm³/mol. The Morgan fingerprint density at radius 3 is 2.00 bits per heavy atom. The van der Waals surface area contributed by atoms with Crippen LogP contribution in [-0.2, 0) is 0 Å². The van der Waals surface area contributed by atoms with Gasteiger partial charge in [0, 0.05) is 0 Å². The Labute approximate surface area is 210 Å². The van der Waals surface area contributed by atoms with E-state index in [9.17, 15) is 9.59 Å². The van der Waals surface area contributed by atoms with Crippen LogP contribution in [0.15, 0.2) is 109 Å². The highest BCUT2D eigenvalue weighted by Gasteiger charge is 2.18. The van der Waals surface area contributed by atoms with E-state index in [-0.39, 0.29) is 24.5 Å². The van der Waals surface area contributed by atoms with Crippen LogP contribution >= 0.6 is 0 Å². The number of benzene rings is 4. The Kier molecular flexibility index (Phi) is 8.33. The van der Waals surface area contributed by atoms with E-state index in [0.717, 1.165) is 11.3 Å². The molecule has 4 aromatic rings. The van der Waals surface area contributed by atoms with Crippen molar-refractivity contribution < 1.29 is 19.1 Å². The van der Waals surface area contributed by atoms with Crippen LogP contribution in [0.3, 0.4) is 0 Å². The van der Waals surface area contributed by atoms with E-state index in [0.29, 0.717) is 29.2 Å². The lowest BCUT2D eigenvalue weighted by Gasteiger charge is -2.17. The molecule has 0 aliphatic heterocycles. The van der Waals surface area contributed by atoms with Gasteiger partial charge < -0.3 is 20.1 Å². The first kappa shape index (κ1) is 24.5. The van der Waals surface area contributed by atoms with Crippen molar-refractivity contribution >= 4 is 17.5 Å². The van der Waals surface area contributed by atoms with Crippen LogP contribution in [0.4, 0.5) is 5.69 Å². The standard InChI is InChI=1S/C30H28N2O4/c1-22(23-12-4-2-5-13-23)31-29(33)25-16-8-10-18-27(25)32-30(34)26-17-9-11-19-28(26)36-21-20-35-24-14-6-3-7-15-24/h2-19,22H,20-21H2,1H3,(H,31,33)(H,32,34). The molecule has 0 bridgehead atoms. The second-order valence-electron chi connectivity index (χ2n) is 8.11. The Morgan fingerprint density at radius 1 is 0.667 bits per heavy atom. The molecule has 4 aromatic carbocycles. The first-order valence-corrected chi connectivity index (χ1v) is 11.8. The average molecular weight is 481 g/mol. The lowest BCUT2D eigenvalue weighted by atomic mass is 10.1. The van der Waals surface area contributed by atoms with E-state index in [2.05, 4.69) is 10.6 Å². The van der Waals surface area contributed by atoms with Crippen molar-refractivity contribution in [3.8, 4) is 11.5 Å². The van der Waals surface area contributed by atoms with Crippen molar-refractivity contribution in [3.63, 3.8) is 0 Å². The topological polar surface area (TPSA) is 76.7 Å². The van der Waals surface area contributed by atoms with Crippen LogP contribution in [0.1, 0.15) is 39.2 Å². The molecule has 36 heavy (non-hydrogen) atoms. The van der Waals surface area contributed by atoms with Crippen LogP contribution in [0.2, 0.25) is 0 Å².